The first-order chi connectivity index (χ1) is 7.15. The maximum Gasteiger partial charge on any atom is 0.404 e. The predicted octanol–water partition coefficient (Wildman–Crippen LogP) is 2.65. The SMILES string of the molecule is O=[N+]([O-])c1nn(CCCCCS)cc1Br. The van der Waals surface area contributed by atoms with Crippen molar-refractivity contribution in [2.45, 2.75) is 25.8 Å². The van der Waals surface area contributed by atoms with E-state index >= 15 is 0 Å². The van der Waals surface area contributed by atoms with Gasteiger partial charge in [0.05, 0.1) is 17.8 Å². The number of rotatable bonds is 6. The Morgan fingerprint density at radius 3 is 2.80 bits per heavy atom. The third-order valence-electron chi connectivity index (χ3n) is 1.92. The van der Waals surface area contributed by atoms with Crippen molar-refractivity contribution in [1.82, 2.24) is 9.78 Å². The lowest BCUT2D eigenvalue weighted by Crippen LogP contribution is -1.99. The van der Waals surface area contributed by atoms with E-state index in [1.165, 1.54) is 0 Å². The Morgan fingerprint density at radius 2 is 2.27 bits per heavy atom. The molecular formula is C8H12BrN3O2S. The largest absolute Gasteiger partial charge is 0.404 e. The summed E-state index contributed by atoms with van der Waals surface area (Å²) in [7, 11) is 0. The van der Waals surface area contributed by atoms with Crippen LogP contribution in [0.3, 0.4) is 0 Å². The summed E-state index contributed by atoms with van der Waals surface area (Å²) in [5.74, 6) is 0.757. The van der Waals surface area contributed by atoms with E-state index < -0.39 is 4.92 Å². The number of aryl methyl sites for hydroxylation is 1. The van der Waals surface area contributed by atoms with E-state index in [4.69, 9.17) is 0 Å². The van der Waals surface area contributed by atoms with Gasteiger partial charge in [0.2, 0.25) is 0 Å². The fourth-order valence-corrected chi connectivity index (χ4v) is 1.87. The quantitative estimate of drug-likeness (QED) is 0.380. The molecule has 0 saturated heterocycles. The third-order valence-corrected chi connectivity index (χ3v) is 2.79. The van der Waals surface area contributed by atoms with Crippen LogP contribution >= 0.6 is 28.6 Å². The van der Waals surface area contributed by atoms with Gasteiger partial charge in [-0.15, -0.1) is 0 Å². The monoisotopic (exact) mass is 293 g/mol. The van der Waals surface area contributed by atoms with Crippen LogP contribution in [0.1, 0.15) is 19.3 Å². The van der Waals surface area contributed by atoms with Gasteiger partial charge in [0.25, 0.3) is 0 Å². The predicted molar refractivity (Wildman–Crippen MR) is 64.3 cm³/mol. The summed E-state index contributed by atoms with van der Waals surface area (Å²) >= 11 is 7.21. The Bertz CT molecular complexity index is 343. The first-order valence-corrected chi connectivity index (χ1v) is 6.06. The van der Waals surface area contributed by atoms with Crippen LogP contribution in [0.25, 0.3) is 0 Å². The molecule has 1 heterocycles. The van der Waals surface area contributed by atoms with Crippen LogP contribution in [0, 0.1) is 10.1 Å². The van der Waals surface area contributed by atoms with Crippen molar-refractivity contribution >= 4 is 34.4 Å². The minimum atomic E-state index is -0.492. The number of halogens is 1. The topological polar surface area (TPSA) is 61.0 Å². The smallest absolute Gasteiger partial charge is 0.358 e. The summed E-state index contributed by atoms with van der Waals surface area (Å²) in [6, 6.07) is 0. The number of hydrogen-bond donors (Lipinski definition) is 1. The molecule has 0 bridgehead atoms. The maximum atomic E-state index is 10.5. The van der Waals surface area contributed by atoms with Crippen LogP contribution in [0.2, 0.25) is 0 Å². The number of hydrogen-bond acceptors (Lipinski definition) is 4. The van der Waals surface area contributed by atoms with Gasteiger partial charge in [0.1, 0.15) is 4.47 Å². The highest BCUT2D eigenvalue weighted by atomic mass is 79.9. The Kier molecular flexibility index (Phi) is 5.10. The van der Waals surface area contributed by atoms with Gasteiger partial charge in [-0.2, -0.15) is 17.3 Å². The maximum absolute atomic E-state index is 10.5. The average Bonchev–Trinajstić information content (AvgIpc) is 2.55. The molecule has 0 unspecified atom stereocenters. The van der Waals surface area contributed by atoms with E-state index in [0.717, 1.165) is 25.0 Å². The van der Waals surface area contributed by atoms with Gasteiger partial charge in [0.15, 0.2) is 0 Å². The number of nitro groups is 1. The molecule has 0 aromatic carbocycles. The van der Waals surface area contributed by atoms with E-state index in [1.807, 2.05) is 0 Å². The van der Waals surface area contributed by atoms with Gasteiger partial charge in [-0.25, -0.2) is 0 Å². The molecule has 1 aromatic rings. The van der Waals surface area contributed by atoms with Crippen LogP contribution in [-0.4, -0.2) is 20.5 Å². The Hall–Kier alpha value is -0.560. The fraction of sp³-hybridized carbons (Fsp3) is 0.625. The molecular weight excluding hydrogens is 282 g/mol. The summed E-state index contributed by atoms with van der Waals surface area (Å²) in [5, 5.41) is 14.4. The first-order valence-electron chi connectivity index (χ1n) is 4.63. The summed E-state index contributed by atoms with van der Waals surface area (Å²) in [6.07, 6.45) is 4.73. The van der Waals surface area contributed by atoms with Crippen LogP contribution in [0.15, 0.2) is 10.7 Å². The van der Waals surface area contributed by atoms with Crippen molar-refractivity contribution < 1.29 is 4.92 Å². The molecule has 0 radical (unpaired) electrons. The third kappa shape index (κ3) is 3.83. The summed E-state index contributed by atoms with van der Waals surface area (Å²) in [4.78, 5) is 10.0. The van der Waals surface area contributed by atoms with Gasteiger partial charge >= 0.3 is 5.82 Å². The first kappa shape index (κ1) is 12.5. The summed E-state index contributed by atoms with van der Waals surface area (Å²) in [5.41, 5.74) is 0. The lowest BCUT2D eigenvalue weighted by molar-refractivity contribution is -0.390. The van der Waals surface area contributed by atoms with Gasteiger partial charge in [-0.1, -0.05) is 6.42 Å². The molecule has 0 saturated carbocycles. The molecule has 15 heavy (non-hydrogen) atoms. The lowest BCUT2D eigenvalue weighted by Gasteiger charge is -1.95. The standard InChI is InChI=1S/C8H12BrN3O2S/c9-7-6-11(4-2-1-3-5-15)10-8(7)12(13)14/h6,15H,1-5H2. The normalized spacial score (nSPS) is 10.5. The fourth-order valence-electron chi connectivity index (χ4n) is 1.19. The van der Waals surface area contributed by atoms with Crippen molar-refractivity contribution in [3.05, 3.63) is 20.8 Å². The highest BCUT2D eigenvalue weighted by molar-refractivity contribution is 9.10. The van der Waals surface area contributed by atoms with Gasteiger partial charge in [-0.3, -0.25) is 0 Å². The second-order valence-corrected chi connectivity index (χ2v) is 4.41. The molecule has 0 aliphatic carbocycles. The molecule has 0 N–H and O–H groups in total. The highest BCUT2D eigenvalue weighted by Gasteiger charge is 2.17. The summed E-state index contributed by atoms with van der Waals surface area (Å²) in [6.45, 7) is 0.709. The minimum absolute atomic E-state index is 0.121. The number of nitrogens with zero attached hydrogens (tertiary/aromatic N) is 3. The van der Waals surface area contributed by atoms with Gasteiger partial charge < -0.3 is 10.1 Å². The molecule has 1 rings (SSSR count). The highest BCUT2D eigenvalue weighted by Crippen LogP contribution is 2.22. The second-order valence-electron chi connectivity index (χ2n) is 3.11. The molecule has 0 spiro atoms. The van der Waals surface area contributed by atoms with Crippen LogP contribution < -0.4 is 0 Å². The zero-order valence-corrected chi connectivity index (χ0v) is 10.6. The minimum Gasteiger partial charge on any atom is -0.358 e. The molecule has 84 valence electrons. The zero-order valence-electron chi connectivity index (χ0n) is 8.10. The molecule has 1 aromatic heterocycles. The van der Waals surface area contributed by atoms with Crippen molar-refractivity contribution in [2.75, 3.05) is 5.75 Å². The van der Waals surface area contributed by atoms with Crippen LogP contribution in [0.5, 0.6) is 0 Å². The summed E-state index contributed by atoms with van der Waals surface area (Å²) < 4.78 is 2.03. The Balaban J connectivity index is 2.48. The molecule has 0 atom stereocenters. The van der Waals surface area contributed by atoms with Crippen LogP contribution in [0.4, 0.5) is 5.82 Å². The van der Waals surface area contributed by atoms with Crippen molar-refractivity contribution in [3.8, 4) is 0 Å². The number of unbranched alkanes of at least 4 members (excludes halogenated alkanes) is 2. The zero-order chi connectivity index (χ0) is 11.3. The van der Waals surface area contributed by atoms with E-state index in [2.05, 4.69) is 33.7 Å². The van der Waals surface area contributed by atoms with E-state index in [0.29, 0.717) is 11.0 Å². The van der Waals surface area contributed by atoms with E-state index in [-0.39, 0.29) is 5.82 Å². The Morgan fingerprint density at radius 1 is 1.53 bits per heavy atom. The molecule has 0 aliphatic rings. The number of thiol groups is 1. The molecule has 0 aliphatic heterocycles. The van der Waals surface area contributed by atoms with Gasteiger partial charge in [-0.05, 0) is 39.4 Å². The van der Waals surface area contributed by atoms with Crippen molar-refractivity contribution in [1.29, 1.82) is 0 Å². The molecule has 0 fully saturated rings. The molecule has 7 heteroatoms. The lowest BCUT2D eigenvalue weighted by atomic mass is 10.2. The molecule has 0 amide bonds. The average molecular weight is 294 g/mol. The van der Waals surface area contributed by atoms with Crippen LogP contribution in [-0.2, 0) is 6.54 Å². The molecule has 5 nitrogen and oxygen atoms in total. The van der Waals surface area contributed by atoms with E-state index in [9.17, 15) is 10.1 Å². The number of aromatic nitrogens is 2. The van der Waals surface area contributed by atoms with Crippen molar-refractivity contribution in [2.24, 2.45) is 0 Å². The van der Waals surface area contributed by atoms with Crippen molar-refractivity contribution in [3.63, 3.8) is 0 Å². The second kappa shape index (κ2) is 6.12. The van der Waals surface area contributed by atoms with E-state index in [1.54, 1.807) is 10.9 Å². The van der Waals surface area contributed by atoms with Gasteiger partial charge in [0, 0.05) is 0 Å². The Labute approximate surface area is 102 Å².